The van der Waals surface area contributed by atoms with E-state index in [4.69, 9.17) is 15.6 Å². The Morgan fingerprint density at radius 2 is 1.83 bits per heavy atom. The molecule has 4 N–H and O–H groups in total. The fraction of sp³-hybridized carbons (Fsp3) is 0.833. The molecule has 6 nitrogen and oxygen atoms in total. The minimum Gasteiger partial charge on any atom is -0.481 e. The van der Waals surface area contributed by atoms with Crippen molar-refractivity contribution in [3.05, 3.63) is 0 Å². The molecule has 0 aliphatic rings. The summed E-state index contributed by atoms with van der Waals surface area (Å²) >= 11 is 0. The van der Waals surface area contributed by atoms with Gasteiger partial charge < -0.3 is 20.9 Å². The summed E-state index contributed by atoms with van der Waals surface area (Å²) in [6, 6.07) is -0.700. The van der Waals surface area contributed by atoms with Crippen LogP contribution in [-0.2, 0) is 14.3 Å². The predicted octanol–water partition coefficient (Wildman–Crippen LogP) is 0.356. The summed E-state index contributed by atoms with van der Waals surface area (Å²) in [5, 5.41) is 11.9. The van der Waals surface area contributed by atoms with Gasteiger partial charge in [0, 0.05) is 13.7 Å². The van der Waals surface area contributed by atoms with Gasteiger partial charge in [0.2, 0.25) is 5.91 Å². The largest absolute Gasteiger partial charge is 0.481 e. The van der Waals surface area contributed by atoms with Crippen molar-refractivity contribution in [2.45, 2.75) is 45.7 Å². The molecule has 0 fully saturated rings. The van der Waals surface area contributed by atoms with Gasteiger partial charge in [0.05, 0.1) is 17.0 Å². The number of aliphatic carboxylic acids is 1. The minimum atomic E-state index is -1.09. The van der Waals surface area contributed by atoms with Crippen molar-refractivity contribution in [2.24, 2.45) is 11.1 Å². The summed E-state index contributed by atoms with van der Waals surface area (Å²) in [5.74, 6) is -1.34. The zero-order valence-corrected chi connectivity index (χ0v) is 11.7. The van der Waals surface area contributed by atoms with E-state index < -0.39 is 23.0 Å². The molecule has 0 aliphatic carbocycles. The summed E-state index contributed by atoms with van der Waals surface area (Å²) in [7, 11) is 1.53. The normalized spacial score (nSPS) is 14.1. The van der Waals surface area contributed by atoms with Crippen LogP contribution in [0.4, 0.5) is 0 Å². The molecule has 0 radical (unpaired) electrons. The lowest BCUT2D eigenvalue weighted by Gasteiger charge is -2.39. The molecule has 0 aromatic heterocycles. The quantitative estimate of drug-likeness (QED) is 0.613. The third kappa shape index (κ3) is 3.96. The molecule has 0 saturated heterocycles. The van der Waals surface area contributed by atoms with Crippen molar-refractivity contribution in [3.63, 3.8) is 0 Å². The van der Waals surface area contributed by atoms with E-state index in [0.717, 1.165) is 0 Å². The molecule has 1 unspecified atom stereocenters. The van der Waals surface area contributed by atoms with Crippen molar-refractivity contribution < 1.29 is 19.4 Å². The average molecular weight is 260 g/mol. The number of hydrogen-bond acceptors (Lipinski definition) is 4. The van der Waals surface area contributed by atoms with E-state index in [2.05, 4.69) is 5.32 Å². The number of carbonyl (C=O) groups excluding carboxylic acids is 1. The molecule has 18 heavy (non-hydrogen) atoms. The third-order valence-corrected chi connectivity index (χ3v) is 3.50. The van der Waals surface area contributed by atoms with Gasteiger partial charge in [-0.15, -0.1) is 0 Å². The van der Waals surface area contributed by atoms with Crippen LogP contribution in [-0.4, -0.2) is 42.3 Å². The van der Waals surface area contributed by atoms with Crippen LogP contribution >= 0.6 is 0 Å². The molecular weight excluding hydrogens is 236 g/mol. The third-order valence-electron chi connectivity index (χ3n) is 3.50. The minimum absolute atomic E-state index is 0.369. The van der Waals surface area contributed by atoms with E-state index in [9.17, 15) is 9.59 Å². The van der Waals surface area contributed by atoms with Crippen molar-refractivity contribution in [1.82, 2.24) is 5.32 Å². The van der Waals surface area contributed by atoms with E-state index in [1.54, 1.807) is 27.7 Å². The lowest BCUT2D eigenvalue weighted by atomic mass is 9.74. The standard InChI is InChI=1S/C12H24N2O4/c1-11(2,10(16)17)12(3,4)14-9(15)8(13)6-7-18-5/h8H,6-7,13H2,1-5H3,(H,14,15)(H,16,17). The highest BCUT2D eigenvalue weighted by Gasteiger charge is 2.44. The van der Waals surface area contributed by atoms with Crippen molar-refractivity contribution in [3.8, 4) is 0 Å². The van der Waals surface area contributed by atoms with Gasteiger partial charge in [0.1, 0.15) is 0 Å². The molecule has 106 valence electrons. The van der Waals surface area contributed by atoms with E-state index >= 15 is 0 Å². The van der Waals surface area contributed by atoms with Crippen molar-refractivity contribution in [2.75, 3.05) is 13.7 Å². The van der Waals surface area contributed by atoms with Crippen LogP contribution in [0, 0.1) is 5.41 Å². The zero-order valence-electron chi connectivity index (χ0n) is 11.7. The van der Waals surface area contributed by atoms with Crippen molar-refractivity contribution >= 4 is 11.9 Å². The lowest BCUT2D eigenvalue weighted by molar-refractivity contribution is -0.151. The van der Waals surface area contributed by atoms with Gasteiger partial charge in [0.15, 0.2) is 0 Å². The maximum Gasteiger partial charge on any atom is 0.311 e. The first kappa shape index (κ1) is 16.9. The Balaban J connectivity index is 4.67. The first-order valence-electron chi connectivity index (χ1n) is 5.86. The Morgan fingerprint density at radius 3 is 2.22 bits per heavy atom. The molecule has 0 aliphatic heterocycles. The highest BCUT2D eigenvalue weighted by atomic mass is 16.5. The first-order chi connectivity index (χ1) is 8.06. The molecule has 1 amide bonds. The van der Waals surface area contributed by atoms with Gasteiger partial charge in [-0.3, -0.25) is 9.59 Å². The van der Waals surface area contributed by atoms with E-state index in [0.29, 0.717) is 13.0 Å². The van der Waals surface area contributed by atoms with Gasteiger partial charge in [-0.2, -0.15) is 0 Å². The Morgan fingerprint density at radius 1 is 1.33 bits per heavy atom. The summed E-state index contributed by atoms with van der Waals surface area (Å²) in [6.07, 6.45) is 0.395. The summed E-state index contributed by atoms with van der Waals surface area (Å²) < 4.78 is 4.84. The van der Waals surface area contributed by atoms with Crippen LogP contribution in [0.1, 0.15) is 34.1 Å². The second kappa shape index (κ2) is 6.15. The van der Waals surface area contributed by atoms with Crippen LogP contribution < -0.4 is 11.1 Å². The number of carbonyl (C=O) groups is 2. The van der Waals surface area contributed by atoms with Crippen molar-refractivity contribution in [1.29, 1.82) is 0 Å². The Labute approximate surface area is 108 Å². The average Bonchev–Trinajstić information content (AvgIpc) is 2.24. The molecule has 6 heteroatoms. The topological polar surface area (TPSA) is 102 Å². The summed E-state index contributed by atoms with van der Waals surface area (Å²) in [4.78, 5) is 23.0. The fourth-order valence-corrected chi connectivity index (χ4v) is 1.20. The molecule has 0 spiro atoms. The van der Waals surface area contributed by atoms with Gasteiger partial charge in [0.25, 0.3) is 0 Å². The Bertz CT molecular complexity index is 313. The van der Waals surface area contributed by atoms with Crippen LogP contribution in [0.2, 0.25) is 0 Å². The molecule has 0 bridgehead atoms. The maximum atomic E-state index is 11.8. The van der Waals surface area contributed by atoms with Gasteiger partial charge in [-0.1, -0.05) is 0 Å². The van der Waals surface area contributed by atoms with Crippen LogP contribution in [0.25, 0.3) is 0 Å². The molecule has 0 heterocycles. The molecule has 0 aromatic rings. The maximum absolute atomic E-state index is 11.8. The number of hydrogen-bond donors (Lipinski definition) is 3. The van der Waals surface area contributed by atoms with Crippen LogP contribution in [0.5, 0.6) is 0 Å². The Kier molecular flexibility index (Phi) is 5.76. The van der Waals surface area contributed by atoms with Crippen LogP contribution in [0.15, 0.2) is 0 Å². The number of nitrogens with one attached hydrogen (secondary N) is 1. The van der Waals surface area contributed by atoms with E-state index in [1.807, 2.05) is 0 Å². The number of rotatable bonds is 7. The van der Waals surface area contributed by atoms with Crippen LogP contribution in [0.3, 0.4) is 0 Å². The fourth-order valence-electron chi connectivity index (χ4n) is 1.20. The number of nitrogens with two attached hydrogens (primary N) is 1. The number of ether oxygens (including phenoxy) is 1. The van der Waals surface area contributed by atoms with Gasteiger partial charge >= 0.3 is 5.97 Å². The van der Waals surface area contributed by atoms with E-state index in [-0.39, 0.29) is 5.91 Å². The number of carboxylic acid groups (broad SMARTS) is 1. The molecule has 0 saturated carbocycles. The predicted molar refractivity (Wildman–Crippen MR) is 68.1 cm³/mol. The SMILES string of the molecule is COCCC(N)C(=O)NC(C)(C)C(C)(C)C(=O)O. The molecule has 0 aromatic carbocycles. The molecule has 1 atom stereocenters. The molecule has 0 rings (SSSR count). The van der Waals surface area contributed by atoms with Gasteiger partial charge in [-0.25, -0.2) is 0 Å². The second-order valence-corrected chi connectivity index (χ2v) is 5.43. The number of carboxylic acids is 1. The zero-order chi connectivity index (χ0) is 14.6. The summed E-state index contributed by atoms with van der Waals surface area (Å²) in [6.45, 7) is 6.86. The van der Waals surface area contributed by atoms with Gasteiger partial charge in [-0.05, 0) is 34.1 Å². The second-order valence-electron chi connectivity index (χ2n) is 5.43. The highest BCUT2D eigenvalue weighted by molar-refractivity contribution is 5.84. The monoisotopic (exact) mass is 260 g/mol. The highest BCUT2D eigenvalue weighted by Crippen LogP contribution is 2.30. The molecular formula is C12H24N2O4. The first-order valence-corrected chi connectivity index (χ1v) is 5.86. The smallest absolute Gasteiger partial charge is 0.311 e. The number of methoxy groups -OCH3 is 1. The Hall–Kier alpha value is -1.14. The number of amides is 1. The van der Waals surface area contributed by atoms with E-state index in [1.165, 1.54) is 7.11 Å². The lowest BCUT2D eigenvalue weighted by Crippen LogP contribution is -2.59. The summed E-state index contributed by atoms with van der Waals surface area (Å²) in [5.41, 5.74) is 3.69.